The Morgan fingerprint density at radius 2 is 1.84 bits per heavy atom. The molecule has 0 saturated heterocycles. The molecule has 0 amide bonds. The van der Waals surface area contributed by atoms with Gasteiger partial charge in [-0.25, -0.2) is 0 Å². The fourth-order valence-corrected chi connectivity index (χ4v) is 2.41. The molecule has 0 radical (unpaired) electrons. The van der Waals surface area contributed by atoms with Crippen molar-refractivity contribution in [3.8, 4) is 11.5 Å². The predicted octanol–water partition coefficient (Wildman–Crippen LogP) is 4.60. The van der Waals surface area contributed by atoms with Gasteiger partial charge in [0.25, 0.3) is 0 Å². The summed E-state index contributed by atoms with van der Waals surface area (Å²) in [4.78, 5) is 0. The highest BCUT2D eigenvalue weighted by molar-refractivity contribution is 9.10. The van der Waals surface area contributed by atoms with E-state index in [2.05, 4.69) is 57.3 Å². The lowest BCUT2D eigenvalue weighted by atomic mass is 10.1. The molecule has 0 aliphatic carbocycles. The Balaban J connectivity index is 2.02. The van der Waals surface area contributed by atoms with Crippen LogP contribution in [0.25, 0.3) is 22.2 Å². The van der Waals surface area contributed by atoms with Gasteiger partial charge in [0.1, 0.15) is 0 Å². The molecule has 0 fully saturated rings. The lowest BCUT2D eigenvalue weighted by Crippen LogP contribution is -1.80. The van der Waals surface area contributed by atoms with E-state index in [4.69, 9.17) is 4.42 Å². The molecule has 0 atom stereocenters. The summed E-state index contributed by atoms with van der Waals surface area (Å²) in [6, 6.07) is 12.4. The van der Waals surface area contributed by atoms with Gasteiger partial charge in [0.2, 0.25) is 11.8 Å². The van der Waals surface area contributed by atoms with E-state index in [-0.39, 0.29) is 0 Å². The molecule has 0 spiro atoms. The van der Waals surface area contributed by atoms with Gasteiger partial charge in [0, 0.05) is 16.5 Å². The molecule has 3 aromatic rings. The summed E-state index contributed by atoms with van der Waals surface area (Å²) >= 11 is 3.48. The predicted molar refractivity (Wildman–Crippen MR) is 78.9 cm³/mol. The van der Waals surface area contributed by atoms with Gasteiger partial charge >= 0.3 is 0 Å². The van der Waals surface area contributed by atoms with Crippen molar-refractivity contribution in [2.75, 3.05) is 0 Å². The van der Waals surface area contributed by atoms with Crippen LogP contribution in [0.3, 0.4) is 0 Å². The lowest BCUT2D eigenvalue weighted by Gasteiger charge is -2.00. The van der Waals surface area contributed by atoms with E-state index in [1.807, 2.05) is 12.1 Å². The number of aromatic nitrogens is 2. The monoisotopic (exact) mass is 316 g/mol. The highest BCUT2D eigenvalue weighted by Gasteiger charge is 2.08. The summed E-state index contributed by atoms with van der Waals surface area (Å²) in [5, 5.41) is 10.5. The van der Waals surface area contributed by atoms with E-state index in [1.54, 1.807) is 0 Å². The lowest BCUT2D eigenvalue weighted by molar-refractivity contribution is 0.502. The Morgan fingerprint density at radius 1 is 1.05 bits per heavy atom. The van der Waals surface area contributed by atoms with Crippen LogP contribution in [-0.2, 0) is 6.42 Å². The van der Waals surface area contributed by atoms with Gasteiger partial charge in [-0.3, -0.25) is 0 Å². The van der Waals surface area contributed by atoms with E-state index < -0.39 is 0 Å². The first-order valence-electron chi connectivity index (χ1n) is 6.28. The van der Waals surface area contributed by atoms with Crippen LogP contribution >= 0.6 is 15.9 Å². The second-order valence-corrected chi connectivity index (χ2v) is 5.37. The van der Waals surface area contributed by atoms with Crippen LogP contribution in [0.15, 0.2) is 45.3 Å². The molecule has 0 N–H and O–H groups in total. The molecule has 0 bridgehead atoms. The second kappa shape index (κ2) is 5.13. The summed E-state index contributed by atoms with van der Waals surface area (Å²) in [5.41, 5.74) is 0.963. The van der Waals surface area contributed by atoms with Crippen LogP contribution in [-0.4, -0.2) is 10.2 Å². The number of fused-ring (bicyclic) bond motifs is 1. The Bertz CT molecular complexity index is 721. The molecule has 1 heterocycles. The third-order valence-electron chi connectivity index (χ3n) is 2.98. The molecule has 3 rings (SSSR count). The third-order valence-corrected chi connectivity index (χ3v) is 3.47. The molecular formula is C15H13BrN2O. The second-order valence-electron chi connectivity index (χ2n) is 4.46. The third kappa shape index (κ3) is 2.54. The molecule has 0 unspecified atom stereocenters. The number of aryl methyl sites for hydroxylation is 1. The molecule has 19 heavy (non-hydrogen) atoms. The average Bonchev–Trinajstić information content (AvgIpc) is 2.87. The first-order valence-corrected chi connectivity index (χ1v) is 7.07. The standard InChI is InChI=1S/C15H13BrN2O/c1-2-3-14-17-18-15(19-14)12-5-4-11-9-13(16)7-6-10(11)8-12/h4-9H,2-3H2,1H3. The smallest absolute Gasteiger partial charge is 0.247 e. The number of benzene rings is 2. The van der Waals surface area contributed by atoms with E-state index in [1.165, 1.54) is 5.39 Å². The first kappa shape index (κ1) is 12.4. The maximum Gasteiger partial charge on any atom is 0.247 e. The van der Waals surface area contributed by atoms with Crippen molar-refractivity contribution in [2.45, 2.75) is 19.8 Å². The van der Waals surface area contributed by atoms with Gasteiger partial charge in [0.15, 0.2) is 0 Å². The Hall–Kier alpha value is -1.68. The average molecular weight is 317 g/mol. The largest absolute Gasteiger partial charge is 0.421 e. The SMILES string of the molecule is CCCc1nnc(-c2ccc3cc(Br)ccc3c2)o1. The number of nitrogens with zero attached hydrogens (tertiary/aromatic N) is 2. The van der Waals surface area contributed by atoms with E-state index in [9.17, 15) is 0 Å². The van der Waals surface area contributed by atoms with Crippen LogP contribution in [0.2, 0.25) is 0 Å². The van der Waals surface area contributed by atoms with Gasteiger partial charge in [0.05, 0.1) is 0 Å². The maximum absolute atomic E-state index is 5.65. The molecular weight excluding hydrogens is 304 g/mol. The molecule has 4 heteroatoms. The zero-order valence-corrected chi connectivity index (χ0v) is 12.1. The minimum atomic E-state index is 0.591. The minimum absolute atomic E-state index is 0.591. The van der Waals surface area contributed by atoms with Gasteiger partial charge in [-0.1, -0.05) is 35.0 Å². The number of hydrogen-bond donors (Lipinski definition) is 0. The maximum atomic E-state index is 5.65. The van der Waals surface area contributed by atoms with Crippen molar-refractivity contribution < 1.29 is 4.42 Å². The Labute approximate surface area is 119 Å². The first-order chi connectivity index (χ1) is 9.26. The highest BCUT2D eigenvalue weighted by atomic mass is 79.9. The van der Waals surface area contributed by atoms with Crippen molar-refractivity contribution in [1.29, 1.82) is 0 Å². The molecule has 0 aliphatic heterocycles. The van der Waals surface area contributed by atoms with Crippen molar-refractivity contribution in [3.05, 3.63) is 46.8 Å². The van der Waals surface area contributed by atoms with E-state index >= 15 is 0 Å². The van der Waals surface area contributed by atoms with Crippen molar-refractivity contribution in [3.63, 3.8) is 0 Å². The number of halogens is 1. The molecule has 96 valence electrons. The normalized spacial score (nSPS) is 11.1. The molecule has 3 nitrogen and oxygen atoms in total. The fourth-order valence-electron chi connectivity index (χ4n) is 2.03. The molecule has 1 aromatic heterocycles. The van der Waals surface area contributed by atoms with Crippen molar-refractivity contribution >= 4 is 26.7 Å². The minimum Gasteiger partial charge on any atom is -0.421 e. The number of hydrogen-bond acceptors (Lipinski definition) is 3. The summed E-state index contributed by atoms with van der Waals surface area (Å²) in [5.74, 6) is 1.29. The number of rotatable bonds is 3. The van der Waals surface area contributed by atoms with Gasteiger partial charge in [-0.2, -0.15) is 0 Å². The van der Waals surface area contributed by atoms with Gasteiger partial charge < -0.3 is 4.42 Å². The topological polar surface area (TPSA) is 38.9 Å². The van der Waals surface area contributed by atoms with Gasteiger partial charge in [-0.05, 0) is 41.5 Å². The zero-order valence-electron chi connectivity index (χ0n) is 10.6. The van der Waals surface area contributed by atoms with Crippen molar-refractivity contribution in [1.82, 2.24) is 10.2 Å². The quantitative estimate of drug-likeness (QED) is 0.708. The van der Waals surface area contributed by atoms with Crippen LogP contribution in [0, 0.1) is 0 Å². The van der Waals surface area contributed by atoms with E-state index in [0.29, 0.717) is 11.8 Å². The van der Waals surface area contributed by atoms with E-state index in [0.717, 1.165) is 28.3 Å². The zero-order chi connectivity index (χ0) is 13.2. The Kier molecular flexibility index (Phi) is 3.34. The molecule has 0 saturated carbocycles. The molecule has 0 aliphatic rings. The fraction of sp³-hybridized carbons (Fsp3) is 0.200. The summed E-state index contributed by atoms with van der Waals surface area (Å²) in [6.45, 7) is 2.09. The Morgan fingerprint density at radius 3 is 2.68 bits per heavy atom. The summed E-state index contributed by atoms with van der Waals surface area (Å²) < 4.78 is 6.73. The molecule has 2 aromatic carbocycles. The van der Waals surface area contributed by atoms with Crippen LogP contribution in [0.5, 0.6) is 0 Å². The highest BCUT2D eigenvalue weighted by Crippen LogP contribution is 2.25. The van der Waals surface area contributed by atoms with Gasteiger partial charge in [-0.15, -0.1) is 10.2 Å². The van der Waals surface area contributed by atoms with Crippen molar-refractivity contribution in [2.24, 2.45) is 0 Å². The van der Waals surface area contributed by atoms with Crippen LogP contribution < -0.4 is 0 Å². The summed E-state index contributed by atoms with van der Waals surface area (Å²) in [6.07, 6.45) is 1.83. The van der Waals surface area contributed by atoms with Crippen LogP contribution in [0.4, 0.5) is 0 Å². The summed E-state index contributed by atoms with van der Waals surface area (Å²) in [7, 11) is 0. The van der Waals surface area contributed by atoms with Crippen LogP contribution in [0.1, 0.15) is 19.2 Å².